The van der Waals surface area contributed by atoms with E-state index in [-0.39, 0.29) is 23.9 Å². The number of nitrogens with zero attached hydrogens (tertiary/aromatic N) is 3. The number of benzene rings is 3. The molecule has 0 N–H and O–H groups in total. The number of hydrogen-bond donors (Lipinski definition) is 0. The molecule has 45 heavy (non-hydrogen) atoms. The van der Waals surface area contributed by atoms with Crippen LogP contribution in [0.1, 0.15) is 50.2 Å². The molecule has 2 aliphatic heterocycles. The quantitative estimate of drug-likeness (QED) is 0.263. The van der Waals surface area contributed by atoms with Crippen LogP contribution in [0.15, 0.2) is 88.7 Å². The minimum Gasteiger partial charge on any atom is -0.462 e. The van der Waals surface area contributed by atoms with Crippen LogP contribution in [0, 0.1) is 36.0 Å². The Labute approximate surface area is 267 Å². The van der Waals surface area contributed by atoms with Crippen molar-refractivity contribution in [2.24, 2.45) is 17.8 Å². The van der Waals surface area contributed by atoms with Crippen molar-refractivity contribution in [3.8, 4) is 6.07 Å². The Balaban J connectivity index is 1.08. The van der Waals surface area contributed by atoms with Crippen LogP contribution in [-0.2, 0) is 24.8 Å². The fourth-order valence-electron chi connectivity index (χ4n) is 8.10. The summed E-state index contributed by atoms with van der Waals surface area (Å²) in [6, 6.07) is 27.1. The fraction of sp³-hybridized carbons (Fsp3) is 0.459. The first-order valence-electron chi connectivity index (χ1n) is 16.2. The molecule has 236 valence electrons. The van der Waals surface area contributed by atoms with Crippen LogP contribution in [0.4, 0.5) is 5.69 Å². The van der Waals surface area contributed by atoms with Crippen molar-refractivity contribution in [1.29, 1.82) is 5.26 Å². The Morgan fingerprint density at radius 1 is 0.933 bits per heavy atom. The van der Waals surface area contributed by atoms with Gasteiger partial charge in [-0.15, -0.1) is 0 Å². The number of carbonyl (C=O) groups excluding carboxylic acids is 1. The second-order valence-electron chi connectivity index (χ2n) is 13.2. The van der Waals surface area contributed by atoms with Crippen molar-refractivity contribution >= 4 is 21.5 Å². The summed E-state index contributed by atoms with van der Waals surface area (Å²) in [7, 11) is -3.52. The molecule has 0 bridgehead atoms. The van der Waals surface area contributed by atoms with Gasteiger partial charge in [0.05, 0.1) is 21.3 Å². The summed E-state index contributed by atoms with van der Waals surface area (Å²) in [6.45, 7) is 8.37. The minimum atomic E-state index is -3.52. The second kappa shape index (κ2) is 13.0. The van der Waals surface area contributed by atoms with Crippen molar-refractivity contribution in [3.05, 3.63) is 90.0 Å². The normalized spacial score (nSPS) is 22.7. The zero-order valence-corrected chi connectivity index (χ0v) is 27.1. The number of aryl methyl sites for hydroxylation is 1. The molecule has 6 rings (SSSR count). The molecule has 2 saturated heterocycles. The van der Waals surface area contributed by atoms with Gasteiger partial charge in [0.25, 0.3) is 0 Å². The first kappa shape index (κ1) is 31.3. The van der Waals surface area contributed by atoms with Crippen LogP contribution in [0.3, 0.4) is 0 Å². The lowest BCUT2D eigenvalue weighted by molar-refractivity contribution is -0.149. The molecule has 3 fully saturated rings. The van der Waals surface area contributed by atoms with Gasteiger partial charge in [0.15, 0.2) is 0 Å². The van der Waals surface area contributed by atoms with Gasteiger partial charge in [-0.25, -0.2) is 8.42 Å². The summed E-state index contributed by atoms with van der Waals surface area (Å²) < 4.78 is 31.7. The summed E-state index contributed by atoms with van der Waals surface area (Å²) in [6.07, 6.45) is 4.37. The Morgan fingerprint density at radius 3 is 2.27 bits per heavy atom. The average molecular weight is 626 g/mol. The molecule has 0 spiro atoms. The Kier molecular flexibility index (Phi) is 9.03. The van der Waals surface area contributed by atoms with Crippen molar-refractivity contribution in [3.63, 3.8) is 0 Å². The molecule has 3 aliphatic rings. The fourth-order valence-corrected chi connectivity index (χ4v) is 9.38. The molecule has 1 saturated carbocycles. The number of hydrogen-bond acceptors (Lipinski definition) is 7. The lowest BCUT2D eigenvalue weighted by atomic mass is 9.59. The highest BCUT2D eigenvalue weighted by Crippen LogP contribution is 2.51. The Morgan fingerprint density at radius 2 is 1.62 bits per heavy atom. The smallest absolute Gasteiger partial charge is 0.302 e. The van der Waals surface area contributed by atoms with E-state index in [0.29, 0.717) is 15.7 Å². The Hall–Kier alpha value is -3.67. The number of ether oxygens (including phenoxy) is 1. The average Bonchev–Trinajstić information content (AvgIpc) is 3.48. The molecule has 3 aromatic carbocycles. The standard InChI is InChI=1S/C37H43N3O4S/c1-27-8-6-9-31(22-27)37(26-38,35-12-7-13-36(35)44-28(2)41)30-18-20-39(21-19-30)23-29-24-40(25-29)32-14-16-34(17-15-32)45(42,43)33-10-4-3-5-11-33/h3-6,8-11,14-17,22,29-30,35-36H,7,12-13,18-21,23-25H2,1-2H3/t35-,36-,37?/m0/s1. The third kappa shape index (κ3) is 6.25. The van der Waals surface area contributed by atoms with E-state index in [2.05, 4.69) is 47.1 Å². The Bertz CT molecular complexity index is 1640. The van der Waals surface area contributed by atoms with E-state index >= 15 is 0 Å². The molecular weight excluding hydrogens is 582 g/mol. The predicted molar refractivity (Wildman–Crippen MR) is 175 cm³/mol. The molecule has 3 atom stereocenters. The number of anilines is 1. The van der Waals surface area contributed by atoms with Crippen LogP contribution < -0.4 is 4.90 Å². The zero-order chi connectivity index (χ0) is 31.6. The first-order chi connectivity index (χ1) is 21.7. The summed E-state index contributed by atoms with van der Waals surface area (Å²) >= 11 is 0. The molecule has 1 unspecified atom stereocenters. The largest absolute Gasteiger partial charge is 0.462 e. The van der Waals surface area contributed by atoms with Crippen molar-refractivity contribution in [1.82, 2.24) is 4.90 Å². The molecule has 3 aromatic rings. The van der Waals surface area contributed by atoms with Gasteiger partial charge in [0, 0.05) is 44.1 Å². The van der Waals surface area contributed by atoms with Gasteiger partial charge in [-0.05, 0) is 100.0 Å². The lowest BCUT2D eigenvalue weighted by Gasteiger charge is -2.48. The third-order valence-corrected chi connectivity index (χ3v) is 12.1. The highest BCUT2D eigenvalue weighted by atomic mass is 32.2. The number of rotatable bonds is 9. The molecule has 7 nitrogen and oxygen atoms in total. The zero-order valence-electron chi connectivity index (χ0n) is 26.3. The molecular formula is C37H43N3O4S. The number of sulfone groups is 1. The highest BCUT2D eigenvalue weighted by molar-refractivity contribution is 7.91. The van der Waals surface area contributed by atoms with Gasteiger partial charge in [0.2, 0.25) is 9.84 Å². The van der Waals surface area contributed by atoms with Crippen molar-refractivity contribution < 1.29 is 17.9 Å². The molecule has 1 aliphatic carbocycles. The van der Waals surface area contributed by atoms with E-state index in [0.717, 1.165) is 81.6 Å². The lowest BCUT2D eigenvalue weighted by Crippen LogP contribution is -2.54. The van der Waals surface area contributed by atoms with Crippen LogP contribution in [-0.4, -0.2) is 58.1 Å². The number of nitriles is 1. The maximum Gasteiger partial charge on any atom is 0.302 e. The van der Waals surface area contributed by atoms with Crippen LogP contribution in [0.25, 0.3) is 0 Å². The first-order valence-corrected chi connectivity index (χ1v) is 17.7. The van der Waals surface area contributed by atoms with Gasteiger partial charge >= 0.3 is 5.97 Å². The summed E-state index contributed by atoms with van der Waals surface area (Å²) in [5.74, 6) is 0.486. The summed E-state index contributed by atoms with van der Waals surface area (Å²) in [4.78, 5) is 17.5. The molecule has 0 aromatic heterocycles. The molecule has 0 radical (unpaired) electrons. The predicted octanol–water partition coefficient (Wildman–Crippen LogP) is 6.17. The van der Waals surface area contributed by atoms with Crippen molar-refractivity contribution in [2.45, 2.75) is 67.3 Å². The van der Waals surface area contributed by atoms with Crippen molar-refractivity contribution in [2.75, 3.05) is 37.6 Å². The van der Waals surface area contributed by atoms with Crippen LogP contribution >= 0.6 is 0 Å². The minimum absolute atomic E-state index is 0.000918. The molecule has 2 heterocycles. The monoisotopic (exact) mass is 625 g/mol. The molecule has 8 heteroatoms. The SMILES string of the molecule is CC(=O)O[C@H]1CCC[C@@H]1C(C#N)(c1cccc(C)c1)C1CCN(CC2CN(c3ccc(S(=O)(=O)c4ccccc4)cc3)C2)CC1. The maximum absolute atomic E-state index is 12.9. The summed E-state index contributed by atoms with van der Waals surface area (Å²) in [5, 5.41) is 11.0. The number of piperidine rings is 1. The van der Waals surface area contributed by atoms with E-state index in [9.17, 15) is 18.5 Å². The number of carbonyl (C=O) groups is 1. The van der Waals surface area contributed by atoms with Crippen LogP contribution in [0.5, 0.6) is 0 Å². The van der Waals surface area contributed by atoms with E-state index in [1.165, 1.54) is 6.92 Å². The van der Waals surface area contributed by atoms with E-state index in [1.807, 2.05) is 18.2 Å². The van der Waals surface area contributed by atoms with Gasteiger partial charge in [-0.1, -0.05) is 48.0 Å². The maximum atomic E-state index is 12.9. The van der Waals surface area contributed by atoms with E-state index in [4.69, 9.17) is 4.74 Å². The second-order valence-corrected chi connectivity index (χ2v) is 15.1. The third-order valence-electron chi connectivity index (χ3n) is 10.3. The van der Waals surface area contributed by atoms with E-state index < -0.39 is 15.3 Å². The number of likely N-dealkylation sites (tertiary alicyclic amines) is 1. The topological polar surface area (TPSA) is 90.7 Å². The highest BCUT2D eigenvalue weighted by Gasteiger charge is 2.53. The van der Waals surface area contributed by atoms with Crippen LogP contribution in [0.2, 0.25) is 0 Å². The summed E-state index contributed by atoms with van der Waals surface area (Å²) in [5.41, 5.74) is 2.59. The van der Waals surface area contributed by atoms with Gasteiger partial charge in [0.1, 0.15) is 6.10 Å². The van der Waals surface area contributed by atoms with Gasteiger partial charge in [-0.2, -0.15) is 5.26 Å². The van der Waals surface area contributed by atoms with Gasteiger partial charge in [-0.3, -0.25) is 4.79 Å². The van der Waals surface area contributed by atoms with Gasteiger partial charge < -0.3 is 14.5 Å². The number of esters is 1. The molecule has 0 amide bonds. The van der Waals surface area contributed by atoms with E-state index in [1.54, 1.807) is 36.4 Å².